The minimum Gasteiger partial charge on any atom is -0.494 e. The molecule has 2 aromatic carbocycles. The monoisotopic (exact) mass is 299 g/mol. The summed E-state index contributed by atoms with van der Waals surface area (Å²) in [6.45, 7) is 5.36. The Bertz CT molecular complexity index is 542. The maximum Gasteiger partial charge on any atom is 0.122 e. The molecular formula is C19H25NO2. The summed E-state index contributed by atoms with van der Waals surface area (Å²) in [4.78, 5) is 2.31. The van der Waals surface area contributed by atoms with Crippen LogP contribution in [0.1, 0.15) is 18.9 Å². The lowest BCUT2D eigenvalue weighted by Crippen LogP contribution is -2.20. The predicted molar refractivity (Wildman–Crippen MR) is 90.5 cm³/mol. The van der Waals surface area contributed by atoms with E-state index < -0.39 is 0 Å². The van der Waals surface area contributed by atoms with Crippen LogP contribution in [-0.4, -0.2) is 31.7 Å². The van der Waals surface area contributed by atoms with Crippen molar-refractivity contribution in [3.05, 3.63) is 60.2 Å². The van der Waals surface area contributed by atoms with Crippen LogP contribution in [0.2, 0.25) is 0 Å². The third-order valence-corrected chi connectivity index (χ3v) is 3.36. The van der Waals surface area contributed by atoms with Crippen molar-refractivity contribution in [3.63, 3.8) is 0 Å². The molecule has 0 saturated heterocycles. The van der Waals surface area contributed by atoms with E-state index in [9.17, 15) is 0 Å². The van der Waals surface area contributed by atoms with Gasteiger partial charge in [0, 0.05) is 19.2 Å². The van der Waals surface area contributed by atoms with E-state index in [0.29, 0.717) is 13.2 Å². The van der Waals surface area contributed by atoms with Crippen molar-refractivity contribution < 1.29 is 9.47 Å². The molecule has 0 spiro atoms. The molecular weight excluding hydrogens is 274 g/mol. The Balaban J connectivity index is 1.67. The summed E-state index contributed by atoms with van der Waals surface area (Å²) in [5.41, 5.74) is 1.34. The van der Waals surface area contributed by atoms with Gasteiger partial charge in [0.2, 0.25) is 0 Å². The topological polar surface area (TPSA) is 21.7 Å². The van der Waals surface area contributed by atoms with E-state index in [-0.39, 0.29) is 0 Å². The van der Waals surface area contributed by atoms with Crippen LogP contribution < -0.4 is 9.47 Å². The second-order valence-corrected chi connectivity index (χ2v) is 5.33. The average molecular weight is 299 g/mol. The molecule has 0 aliphatic heterocycles. The normalized spacial score (nSPS) is 10.7. The molecule has 3 nitrogen and oxygen atoms in total. The predicted octanol–water partition coefficient (Wildman–Crippen LogP) is 3.99. The Hall–Kier alpha value is -2.00. The Kier molecular flexibility index (Phi) is 6.78. The van der Waals surface area contributed by atoms with Crippen LogP contribution in [0, 0.1) is 0 Å². The maximum absolute atomic E-state index is 5.79. The first-order valence-corrected chi connectivity index (χ1v) is 7.86. The molecule has 22 heavy (non-hydrogen) atoms. The SMILES string of the molecule is CCOc1cccc(OCCCN(C)Cc2ccccc2)c1. The minimum absolute atomic E-state index is 0.674. The minimum atomic E-state index is 0.674. The van der Waals surface area contributed by atoms with Crippen molar-refractivity contribution in [2.24, 2.45) is 0 Å². The lowest BCUT2D eigenvalue weighted by molar-refractivity contribution is 0.257. The number of benzene rings is 2. The van der Waals surface area contributed by atoms with E-state index in [1.165, 1.54) is 5.56 Å². The van der Waals surface area contributed by atoms with Gasteiger partial charge >= 0.3 is 0 Å². The van der Waals surface area contributed by atoms with Gasteiger partial charge in [-0.05, 0) is 38.1 Å². The van der Waals surface area contributed by atoms with E-state index in [0.717, 1.165) is 31.0 Å². The average Bonchev–Trinajstić information content (AvgIpc) is 2.53. The third-order valence-electron chi connectivity index (χ3n) is 3.36. The van der Waals surface area contributed by atoms with Crippen molar-refractivity contribution >= 4 is 0 Å². The van der Waals surface area contributed by atoms with Gasteiger partial charge in [-0.2, -0.15) is 0 Å². The van der Waals surface area contributed by atoms with E-state index in [4.69, 9.17) is 9.47 Å². The second kappa shape index (κ2) is 9.11. The second-order valence-electron chi connectivity index (χ2n) is 5.33. The fourth-order valence-electron chi connectivity index (χ4n) is 2.32. The highest BCUT2D eigenvalue weighted by molar-refractivity contribution is 5.32. The lowest BCUT2D eigenvalue weighted by Gasteiger charge is -2.17. The fraction of sp³-hybridized carbons (Fsp3) is 0.368. The number of hydrogen-bond acceptors (Lipinski definition) is 3. The highest BCUT2D eigenvalue weighted by Gasteiger charge is 2.01. The largest absolute Gasteiger partial charge is 0.494 e. The molecule has 2 aromatic rings. The highest BCUT2D eigenvalue weighted by Crippen LogP contribution is 2.19. The summed E-state index contributed by atoms with van der Waals surface area (Å²) in [5.74, 6) is 1.73. The number of rotatable bonds is 9. The molecule has 0 heterocycles. The molecule has 0 atom stereocenters. The molecule has 0 saturated carbocycles. The Morgan fingerprint density at radius 3 is 2.36 bits per heavy atom. The maximum atomic E-state index is 5.79. The first kappa shape index (κ1) is 16.4. The van der Waals surface area contributed by atoms with Gasteiger partial charge in [0.05, 0.1) is 13.2 Å². The van der Waals surface area contributed by atoms with Gasteiger partial charge in [-0.1, -0.05) is 36.4 Å². The van der Waals surface area contributed by atoms with Crippen LogP contribution in [0.5, 0.6) is 11.5 Å². The molecule has 0 aliphatic rings. The molecule has 118 valence electrons. The summed E-state index contributed by atoms with van der Waals surface area (Å²) < 4.78 is 11.3. The first-order chi connectivity index (χ1) is 10.8. The zero-order valence-electron chi connectivity index (χ0n) is 13.5. The zero-order valence-corrected chi connectivity index (χ0v) is 13.5. The fourth-order valence-corrected chi connectivity index (χ4v) is 2.32. The van der Waals surface area contributed by atoms with Gasteiger partial charge in [-0.15, -0.1) is 0 Å². The molecule has 0 fully saturated rings. The summed E-state index contributed by atoms with van der Waals surface area (Å²) >= 11 is 0. The Morgan fingerprint density at radius 1 is 0.909 bits per heavy atom. The van der Waals surface area contributed by atoms with E-state index in [2.05, 4.69) is 36.2 Å². The number of hydrogen-bond donors (Lipinski definition) is 0. The highest BCUT2D eigenvalue weighted by atomic mass is 16.5. The summed E-state index contributed by atoms with van der Waals surface area (Å²) in [5, 5.41) is 0. The molecule has 0 unspecified atom stereocenters. The van der Waals surface area contributed by atoms with Crippen molar-refractivity contribution in [1.82, 2.24) is 4.90 Å². The number of nitrogens with zero attached hydrogens (tertiary/aromatic N) is 1. The summed E-state index contributed by atoms with van der Waals surface area (Å²) in [6.07, 6.45) is 1.00. The standard InChI is InChI=1S/C19H25NO2/c1-3-21-18-11-7-12-19(15-18)22-14-8-13-20(2)16-17-9-5-4-6-10-17/h4-7,9-12,15H,3,8,13-14,16H2,1-2H3. The van der Waals surface area contributed by atoms with Crippen LogP contribution in [0.15, 0.2) is 54.6 Å². The third kappa shape index (κ3) is 5.78. The van der Waals surface area contributed by atoms with Crippen LogP contribution in [0.3, 0.4) is 0 Å². The summed E-state index contributed by atoms with van der Waals surface area (Å²) in [6, 6.07) is 18.3. The van der Waals surface area contributed by atoms with Gasteiger partial charge < -0.3 is 14.4 Å². The first-order valence-electron chi connectivity index (χ1n) is 7.86. The summed E-state index contributed by atoms with van der Waals surface area (Å²) in [7, 11) is 2.14. The molecule has 3 heteroatoms. The molecule has 0 amide bonds. The number of ether oxygens (including phenoxy) is 2. The molecule has 0 N–H and O–H groups in total. The van der Waals surface area contributed by atoms with Gasteiger partial charge in [0.15, 0.2) is 0 Å². The van der Waals surface area contributed by atoms with Gasteiger partial charge in [-0.3, -0.25) is 0 Å². The van der Waals surface area contributed by atoms with Crippen molar-refractivity contribution in [2.45, 2.75) is 19.9 Å². The van der Waals surface area contributed by atoms with Crippen molar-refractivity contribution in [2.75, 3.05) is 26.8 Å². The molecule has 0 radical (unpaired) electrons. The molecule has 0 bridgehead atoms. The lowest BCUT2D eigenvalue weighted by atomic mass is 10.2. The van der Waals surface area contributed by atoms with Crippen LogP contribution in [-0.2, 0) is 6.54 Å². The van der Waals surface area contributed by atoms with E-state index in [1.807, 2.05) is 37.3 Å². The van der Waals surface area contributed by atoms with E-state index >= 15 is 0 Å². The smallest absolute Gasteiger partial charge is 0.122 e. The van der Waals surface area contributed by atoms with Gasteiger partial charge in [-0.25, -0.2) is 0 Å². The van der Waals surface area contributed by atoms with Gasteiger partial charge in [0.1, 0.15) is 11.5 Å². The Labute approximate surface area is 133 Å². The molecule has 2 rings (SSSR count). The molecule has 0 aliphatic carbocycles. The van der Waals surface area contributed by atoms with Crippen LogP contribution >= 0.6 is 0 Å². The van der Waals surface area contributed by atoms with E-state index in [1.54, 1.807) is 0 Å². The van der Waals surface area contributed by atoms with Crippen molar-refractivity contribution in [1.29, 1.82) is 0 Å². The van der Waals surface area contributed by atoms with Crippen LogP contribution in [0.25, 0.3) is 0 Å². The van der Waals surface area contributed by atoms with Crippen LogP contribution in [0.4, 0.5) is 0 Å². The van der Waals surface area contributed by atoms with Crippen molar-refractivity contribution in [3.8, 4) is 11.5 Å². The Morgan fingerprint density at radius 2 is 1.64 bits per heavy atom. The molecule has 0 aromatic heterocycles. The zero-order chi connectivity index (χ0) is 15.6. The van der Waals surface area contributed by atoms with Gasteiger partial charge in [0.25, 0.3) is 0 Å². The quantitative estimate of drug-likeness (QED) is 0.654.